The minimum absolute atomic E-state index is 0.143. The molecule has 256 valence electrons. The minimum Gasteiger partial charge on any atom is -0.481 e. The highest BCUT2D eigenvalue weighted by Crippen LogP contribution is 2.54. The summed E-state index contributed by atoms with van der Waals surface area (Å²) < 4.78 is 7.53. The molecule has 1 saturated carbocycles. The summed E-state index contributed by atoms with van der Waals surface area (Å²) in [6.07, 6.45) is 2.06. The Kier molecular flexibility index (Phi) is 10.2. The predicted octanol–water partition coefficient (Wildman–Crippen LogP) is 8.89. The monoisotopic (exact) mass is 713 g/mol. The smallest absolute Gasteiger partial charge is 0.304 e. The van der Waals surface area contributed by atoms with E-state index in [2.05, 4.69) is 69.3 Å². The molecule has 5 nitrogen and oxygen atoms in total. The number of carbonyl (C=O) groups is 2. The second-order valence-corrected chi connectivity index (χ2v) is 20.3. The third-order valence-corrected chi connectivity index (χ3v) is 16.0. The first kappa shape index (κ1) is 35.4. The summed E-state index contributed by atoms with van der Waals surface area (Å²) in [5.74, 6) is -1.12. The molecule has 1 amide bonds. The number of hydrogen-bond acceptors (Lipinski definition) is 3. The van der Waals surface area contributed by atoms with Crippen LogP contribution in [0.15, 0.2) is 109 Å². The highest BCUT2D eigenvalue weighted by Gasteiger charge is 2.56. The van der Waals surface area contributed by atoms with Crippen molar-refractivity contribution in [1.29, 1.82) is 0 Å². The Balaban J connectivity index is 1.52. The molecule has 49 heavy (non-hydrogen) atoms. The van der Waals surface area contributed by atoms with Crippen LogP contribution in [0, 0.1) is 11.3 Å². The largest absolute Gasteiger partial charge is 0.481 e. The molecule has 1 N–H and O–H groups in total. The third kappa shape index (κ3) is 7.11. The number of carboxylic acids is 1. The molecule has 6 rings (SSSR count). The Morgan fingerprint density at radius 2 is 1.47 bits per heavy atom. The molecule has 0 spiro atoms. The van der Waals surface area contributed by atoms with E-state index < -0.39 is 19.7 Å². The van der Waals surface area contributed by atoms with Crippen LogP contribution in [0.25, 0.3) is 0 Å². The van der Waals surface area contributed by atoms with Gasteiger partial charge in [0.1, 0.15) is 0 Å². The molecule has 2 fully saturated rings. The van der Waals surface area contributed by atoms with E-state index in [9.17, 15) is 9.90 Å². The number of benzene rings is 4. The Labute approximate surface area is 301 Å². The van der Waals surface area contributed by atoms with Gasteiger partial charge in [-0.25, -0.2) is 0 Å². The van der Waals surface area contributed by atoms with Gasteiger partial charge in [0.05, 0.1) is 30.5 Å². The van der Waals surface area contributed by atoms with Crippen LogP contribution in [0.3, 0.4) is 0 Å². The van der Waals surface area contributed by atoms with Crippen LogP contribution in [0.4, 0.5) is 0 Å². The van der Waals surface area contributed by atoms with Crippen molar-refractivity contribution in [3.63, 3.8) is 0 Å². The molecular formula is C41H45Cl2NO4Si. The maximum absolute atomic E-state index is 15.1. The summed E-state index contributed by atoms with van der Waals surface area (Å²) in [6.45, 7) is 8.92. The zero-order valence-corrected chi connectivity index (χ0v) is 31.1. The predicted molar refractivity (Wildman–Crippen MR) is 200 cm³/mol. The molecule has 1 heterocycles. The summed E-state index contributed by atoms with van der Waals surface area (Å²) >= 11 is 13.0. The number of carbonyl (C=O) groups excluding carboxylic acids is 1. The van der Waals surface area contributed by atoms with Gasteiger partial charge in [-0.1, -0.05) is 136 Å². The van der Waals surface area contributed by atoms with E-state index in [-0.39, 0.29) is 41.3 Å². The fourth-order valence-electron chi connectivity index (χ4n) is 8.14. The molecule has 4 aromatic carbocycles. The lowest BCUT2D eigenvalue weighted by Crippen LogP contribution is -2.68. The molecular weight excluding hydrogens is 669 g/mol. The van der Waals surface area contributed by atoms with Gasteiger partial charge in [-0.15, -0.1) is 0 Å². The zero-order valence-electron chi connectivity index (χ0n) is 28.6. The molecule has 4 aromatic rings. The van der Waals surface area contributed by atoms with Crippen molar-refractivity contribution in [2.75, 3.05) is 6.61 Å². The van der Waals surface area contributed by atoms with E-state index in [0.29, 0.717) is 23.1 Å². The second-order valence-electron chi connectivity index (χ2n) is 15.1. The SMILES string of the molecule is CC(C)(C)[Si](OC[C@H](C1CC1)N1C(=O)[C@@](C)(CC(=O)O)CC(c2cccc(Cl)c2)[C@H]1c1ccc(Cl)cc1)(c1ccccc1)c1ccccc1. The van der Waals surface area contributed by atoms with Crippen LogP contribution in [0.2, 0.25) is 15.1 Å². The maximum Gasteiger partial charge on any atom is 0.304 e. The molecule has 8 heteroatoms. The lowest BCUT2D eigenvalue weighted by Gasteiger charge is -2.53. The first-order valence-electron chi connectivity index (χ1n) is 17.1. The van der Waals surface area contributed by atoms with E-state index in [1.807, 2.05) is 72.5 Å². The molecule has 4 atom stereocenters. The van der Waals surface area contributed by atoms with Gasteiger partial charge in [0, 0.05) is 16.0 Å². The summed E-state index contributed by atoms with van der Waals surface area (Å²) in [4.78, 5) is 29.5. The number of piperidine rings is 1. The van der Waals surface area contributed by atoms with Crippen molar-refractivity contribution in [2.45, 2.75) is 76.4 Å². The average molecular weight is 715 g/mol. The summed E-state index contributed by atoms with van der Waals surface area (Å²) in [6, 6.07) is 35.9. The zero-order chi connectivity index (χ0) is 35.0. The molecule has 1 unspecified atom stereocenters. The van der Waals surface area contributed by atoms with Crippen molar-refractivity contribution >= 4 is 53.8 Å². The fraction of sp³-hybridized carbons (Fsp3) is 0.366. The Morgan fingerprint density at radius 1 is 0.878 bits per heavy atom. The van der Waals surface area contributed by atoms with Crippen molar-refractivity contribution in [3.8, 4) is 0 Å². The van der Waals surface area contributed by atoms with Crippen LogP contribution in [0.5, 0.6) is 0 Å². The van der Waals surface area contributed by atoms with E-state index in [1.54, 1.807) is 0 Å². The number of aliphatic carboxylic acids is 1. The average Bonchev–Trinajstić information content (AvgIpc) is 3.91. The number of hydrogen-bond donors (Lipinski definition) is 1. The highest BCUT2D eigenvalue weighted by atomic mass is 35.5. The van der Waals surface area contributed by atoms with E-state index in [0.717, 1.165) is 24.0 Å². The van der Waals surface area contributed by atoms with E-state index >= 15 is 4.79 Å². The number of nitrogens with zero attached hydrogens (tertiary/aromatic N) is 1. The van der Waals surface area contributed by atoms with E-state index in [4.69, 9.17) is 27.6 Å². The topological polar surface area (TPSA) is 66.8 Å². The Morgan fingerprint density at radius 3 is 1.98 bits per heavy atom. The number of rotatable bonds is 11. The fourth-order valence-corrected chi connectivity index (χ4v) is 13.0. The van der Waals surface area contributed by atoms with Crippen LogP contribution < -0.4 is 10.4 Å². The maximum atomic E-state index is 15.1. The molecule has 0 aromatic heterocycles. The quantitative estimate of drug-likeness (QED) is 0.158. The normalized spacial score (nSPS) is 22.2. The van der Waals surface area contributed by atoms with Crippen LogP contribution in [0.1, 0.15) is 76.5 Å². The Bertz CT molecular complexity index is 1740. The lowest BCUT2D eigenvalue weighted by molar-refractivity contribution is -0.162. The number of amides is 1. The van der Waals surface area contributed by atoms with Crippen LogP contribution >= 0.6 is 23.2 Å². The summed E-state index contributed by atoms with van der Waals surface area (Å²) in [5, 5.41) is 13.5. The molecule has 1 aliphatic heterocycles. The molecule has 0 bridgehead atoms. The molecule has 2 aliphatic rings. The van der Waals surface area contributed by atoms with Gasteiger partial charge in [-0.2, -0.15) is 0 Å². The van der Waals surface area contributed by atoms with Gasteiger partial charge in [-0.3, -0.25) is 9.59 Å². The first-order valence-corrected chi connectivity index (χ1v) is 19.8. The number of likely N-dealkylation sites (tertiary alicyclic amines) is 1. The minimum atomic E-state index is -2.94. The summed E-state index contributed by atoms with van der Waals surface area (Å²) in [5.41, 5.74) is 0.798. The standard InChI is InChI=1S/C41H45Cl2NO4Si/c1-40(2,3)49(33-14-7-5-8-15-33,34-16-9-6-10-17-34)48-27-36(28-18-19-28)44-38(29-20-22-31(42)23-21-29)35(30-12-11-13-32(43)24-30)25-41(4,39(44)47)26-37(45)46/h5-17,20-24,28,35-36,38H,18-19,25-27H2,1-4H3,(H,45,46)/t35?,36-,38-,41-/m1/s1. The van der Waals surface area contributed by atoms with Gasteiger partial charge in [-0.05, 0) is 76.0 Å². The van der Waals surface area contributed by atoms with Crippen molar-refractivity contribution < 1.29 is 19.1 Å². The van der Waals surface area contributed by atoms with Crippen molar-refractivity contribution in [1.82, 2.24) is 4.90 Å². The van der Waals surface area contributed by atoms with Gasteiger partial charge in [0.25, 0.3) is 8.32 Å². The van der Waals surface area contributed by atoms with Crippen LogP contribution in [-0.4, -0.2) is 42.8 Å². The van der Waals surface area contributed by atoms with Gasteiger partial charge < -0.3 is 14.4 Å². The number of carboxylic acid groups (broad SMARTS) is 1. The first-order chi connectivity index (χ1) is 23.3. The lowest BCUT2D eigenvalue weighted by atomic mass is 9.67. The van der Waals surface area contributed by atoms with Crippen LogP contribution in [-0.2, 0) is 14.0 Å². The van der Waals surface area contributed by atoms with Gasteiger partial charge in [0.2, 0.25) is 5.91 Å². The van der Waals surface area contributed by atoms with Crippen molar-refractivity contribution in [2.24, 2.45) is 11.3 Å². The van der Waals surface area contributed by atoms with Gasteiger partial charge in [0.15, 0.2) is 0 Å². The molecule has 0 radical (unpaired) electrons. The van der Waals surface area contributed by atoms with Gasteiger partial charge >= 0.3 is 5.97 Å². The second kappa shape index (κ2) is 14.1. The Hall–Kier alpha value is -3.42. The summed E-state index contributed by atoms with van der Waals surface area (Å²) in [7, 11) is -2.94. The molecule has 1 aliphatic carbocycles. The number of halogens is 2. The third-order valence-electron chi connectivity index (χ3n) is 10.5. The molecule has 1 saturated heterocycles. The highest BCUT2D eigenvalue weighted by molar-refractivity contribution is 6.99. The van der Waals surface area contributed by atoms with Crippen molar-refractivity contribution in [3.05, 3.63) is 130 Å². The van der Waals surface area contributed by atoms with E-state index in [1.165, 1.54) is 10.4 Å².